The molecule has 0 saturated carbocycles. The summed E-state index contributed by atoms with van der Waals surface area (Å²) >= 11 is 6.12. The van der Waals surface area contributed by atoms with E-state index in [1.54, 1.807) is 49.4 Å². The number of benzene rings is 3. The molecule has 1 atom stereocenters. The molecule has 3 aromatic rings. The number of rotatable bonds is 6. The molecule has 184 valence electrons. The average Bonchev–Trinajstić information content (AvgIpc) is 2.77. The minimum Gasteiger partial charge on any atom is -0.487 e. The Balaban J connectivity index is 1.67. The Morgan fingerprint density at radius 1 is 1.09 bits per heavy atom. The number of para-hydroxylation sites is 1. The minimum absolute atomic E-state index is 0.114. The zero-order valence-electron chi connectivity index (χ0n) is 20.2. The van der Waals surface area contributed by atoms with Crippen LogP contribution in [0.2, 0.25) is 5.02 Å². The highest BCUT2D eigenvalue weighted by molar-refractivity contribution is 7.92. The Bertz CT molecular complexity index is 1350. The van der Waals surface area contributed by atoms with Gasteiger partial charge in [0.2, 0.25) is 5.91 Å². The third-order valence-electron chi connectivity index (χ3n) is 6.04. The monoisotopic (exact) mass is 512 g/mol. The second-order valence-electron chi connectivity index (χ2n) is 9.48. The van der Waals surface area contributed by atoms with Gasteiger partial charge in [0, 0.05) is 17.0 Å². The van der Waals surface area contributed by atoms with Crippen LogP contribution < -0.4 is 14.4 Å². The van der Waals surface area contributed by atoms with Crippen LogP contribution >= 0.6 is 11.6 Å². The molecular weight excluding hydrogens is 484 g/mol. The third kappa shape index (κ3) is 5.46. The van der Waals surface area contributed by atoms with E-state index in [-0.39, 0.29) is 17.5 Å². The molecule has 0 saturated heterocycles. The Labute approximate surface area is 211 Å². The van der Waals surface area contributed by atoms with Gasteiger partial charge in [-0.05, 0) is 69.7 Å². The topological polar surface area (TPSA) is 75.7 Å². The lowest BCUT2D eigenvalue weighted by atomic mass is 9.89. The van der Waals surface area contributed by atoms with E-state index in [9.17, 15) is 13.2 Å². The molecule has 4 rings (SSSR count). The van der Waals surface area contributed by atoms with E-state index in [1.807, 2.05) is 45.0 Å². The fourth-order valence-electron chi connectivity index (χ4n) is 4.34. The average molecular weight is 513 g/mol. The molecule has 0 radical (unpaired) electrons. The van der Waals surface area contributed by atoms with Gasteiger partial charge in [-0.3, -0.25) is 9.10 Å². The van der Waals surface area contributed by atoms with Gasteiger partial charge in [0.05, 0.1) is 16.6 Å². The summed E-state index contributed by atoms with van der Waals surface area (Å²) in [7, 11) is -4.02. The molecule has 6 nitrogen and oxygen atoms in total. The lowest BCUT2D eigenvalue weighted by Crippen LogP contribution is -2.45. The molecule has 0 aromatic heterocycles. The van der Waals surface area contributed by atoms with E-state index in [0.29, 0.717) is 28.4 Å². The van der Waals surface area contributed by atoms with Gasteiger partial charge in [0.1, 0.15) is 17.9 Å². The molecule has 0 aliphatic carbocycles. The molecule has 35 heavy (non-hydrogen) atoms. The Morgan fingerprint density at radius 3 is 2.46 bits per heavy atom. The van der Waals surface area contributed by atoms with E-state index in [2.05, 4.69) is 5.32 Å². The molecule has 3 aromatic carbocycles. The molecule has 1 heterocycles. The van der Waals surface area contributed by atoms with Crippen LogP contribution in [0.4, 0.5) is 5.69 Å². The first-order chi connectivity index (χ1) is 16.5. The highest BCUT2D eigenvalue weighted by Crippen LogP contribution is 2.39. The number of hydrogen-bond donors (Lipinski definition) is 1. The molecule has 8 heteroatoms. The number of carbonyl (C=O) groups excluding carboxylic acids is 1. The quantitative estimate of drug-likeness (QED) is 0.468. The van der Waals surface area contributed by atoms with Crippen molar-refractivity contribution in [3.05, 3.63) is 88.4 Å². The van der Waals surface area contributed by atoms with Crippen molar-refractivity contribution in [2.45, 2.75) is 50.7 Å². The summed E-state index contributed by atoms with van der Waals surface area (Å²) in [5.74, 6) is 0.305. The zero-order valence-corrected chi connectivity index (χ0v) is 21.8. The lowest BCUT2D eigenvalue weighted by molar-refractivity contribution is -0.120. The van der Waals surface area contributed by atoms with Gasteiger partial charge in [-0.15, -0.1) is 0 Å². The number of anilines is 1. The first-order valence-corrected chi connectivity index (χ1v) is 13.2. The van der Waals surface area contributed by atoms with Crippen molar-refractivity contribution in [2.24, 2.45) is 0 Å². The van der Waals surface area contributed by atoms with E-state index < -0.39 is 21.5 Å². The van der Waals surface area contributed by atoms with Crippen molar-refractivity contribution in [1.82, 2.24) is 5.32 Å². The number of halogens is 1. The summed E-state index contributed by atoms with van der Waals surface area (Å²) in [5, 5.41) is 3.53. The van der Waals surface area contributed by atoms with Crippen molar-refractivity contribution in [1.29, 1.82) is 0 Å². The number of ether oxygens (including phenoxy) is 1. The largest absolute Gasteiger partial charge is 0.487 e. The molecule has 1 unspecified atom stereocenters. The van der Waals surface area contributed by atoms with Gasteiger partial charge >= 0.3 is 0 Å². The highest BCUT2D eigenvalue weighted by atomic mass is 35.5. The second-order valence-corrected chi connectivity index (χ2v) is 11.8. The van der Waals surface area contributed by atoms with Crippen LogP contribution in [0.15, 0.2) is 71.6 Å². The van der Waals surface area contributed by atoms with Crippen molar-refractivity contribution in [2.75, 3.05) is 10.8 Å². The van der Waals surface area contributed by atoms with Gasteiger partial charge in [-0.2, -0.15) is 0 Å². The minimum atomic E-state index is -4.02. The number of aryl methyl sites for hydroxylation is 2. The van der Waals surface area contributed by atoms with Gasteiger partial charge in [-0.1, -0.05) is 47.5 Å². The van der Waals surface area contributed by atoms with Gasteiger partial charge < -0.3 is 10.1 Å². The smallest absolute Gasteiger partial charge is 0.264 e. The van der Waals surface area contributed by atoms with Crippen molar-refractivity contribution in [3.8, 4) is 5.75 Å². The summed E-state index contributed by atoms with van der Waals surface area (Å²) in [6.07, 6.45) is 0.556. The molecule has 1 aliphatic rings. The lowest BCUT2D eigenvalue weighted by Gasteiger charge is -2.38. The number of fused-ring (bicyclic) bond motifs is 1. The maximum Gasteiger partial charge on any atom is 0.264 e. The number of nitrogens with zero attached hydrogens (tertiary/aromatic N) is 1. The number of nitrogens with one attached hydrogen (secondary N) is 1. The third-order valence-corrected chi connectivity index (χ3v) is 8.04. The van der Waals surface area contributed by atoms with Gasteiger partial charge in [0.15, 0.2) is 0 Å². The van der Waals surface area contributed by atoms with Gasteiger partial charge in [0.25, 0.3) is 10.0 Å². The van der Waals surface area contributed by atoms with Crippen molar-refractivity contribution in [3.63, 3.8) is 0 Å². The van der Waals surface area contributed by atoms with Gasteiger partial charge in [-0.25, -0.2) is 8.42 Å². The van der Waals surface area contributed by atoms with Crippen LogP contribution in [0.1, 0.15) is 43.0 Å². The molecule has 1 amide bonds. The zero-order chi connectivity index (χ0) is 25.4. The number of hydrogen-bond acceptors (Lipinski definition) is 4. The molecule has 1 N–H and O–H groups in total. The highest BCUT2D eigenvalue weighted by Gasteiger charge is 2.35. The standard InChI is InChI=1S/C27H29ClN2O4S/c1-18-9-12-21(13-10-18)35(32,33)30(24-14-11-20(28)15-19(24)2)17-26(31)29-23-16-27(3,4)34-25-8-6-5-7-22(23)25/h5-15,23H,16-17H2,1-4H3,(H,29,31). The first kappa shape index (κ1) is 25.1. The summed E-state index contributed by atoms with van der Waals surface area (Å²) in [4.78, 5) is 13.5. The second kappa shape index (κ2) is 9.55. The molecule has 0 bridgehead atoms. The number of sulfonamides is 1. The maximum atomic E-state index is 13.7. The van der Waals surface area contributed by atoms with E-state index in [0.717, 1.165) is 15.4 Å². The summed E-state index contributed by atoms with van der Waals surface area (Å²) in [6, 6.07) is 18.8. The first-order valence-electron chi connectivity index (χ1n) is 11.4. The van der Waals surface area contributed by atoms with E-state index >= 15 is 0 Å². The van der Waals surface area contributed by atoms with Crippen LogP contribution in [0, 0.1) is 13.8 Å². The van der Waals surface area contributed by atoms with Crippen molar-refractivity contribution >= 4 is 33.2 Å². The van der Waals surface area contributed by atoms with Crippen LogP contribution in [0.5, 0.6) is 5.75 Å². The van der Waals surface area contributed by atoms with Crippen LogP contribution in [0.3, 0.4) is 0 Å². The van der Waals surface area contributed by atoms with Crippen LogP contribution in [0.25, 0.3) is 0 Å². The van der Waals surface area contributed by atoms with Crippen molar-refractivity contribution < 1.29 is 17.9 Å². The Morgan fingerprint density at radius 2 is 1.77 bits per heavy atom. The molecule has 0 spiro atoms. The number of amides is 1. The maximum absolute atomic E-state index is 13.7. The SMILES string of the molecule is Cc1ccc(S(=O)(=O)N(CC(=O)NC2CC(C)(C)Oc3ccccc32)c2ccc(Cl)cc2C)cc1. The summed E-state index contributed by atoms with van der Waals surface area (Å²) in [6.45, 7) is 7.21. The fraction of sp³-hybridized carbons (Fsp3) is 0.296. The molecule has 1 aliphatic heterocycles. The van der Waals surface area contributed by atoms with Crippen LogP contribution in [-0.4, -0.2) is 26.5 Å². The Kier molecular flexibility index (Phi) is 6.84. The predicted octanol–water partition coefficient (Wildman–Crippen LogP) is 5.57. The molecule has 0 fully saturated rings. The number of carbonyl (C=O) groups is 1. The summed E-state index contributed by atoms with van der Waals surface area (Å²) in [5.41, 5.74) is 2.39. The van der Waals surface area contributed by atoms with E-state index in [1.165, 1.54) is 0 Å². The van der Waals surface area contributed by atoms with E-state index in [4.69, 9.17) is 16.3 Å². The molecular formula is C27H29ClN2O4S. The fourth-order valence-corrected chi connectivity index (χ4v) is 6.05. The van der Waals surface area contributed by atoms with Crippen LogP contribution in [-0.2, 0) is 14.8 Å². The predicted molar refractivity (Wildman–Crippen MR) is 139 cm³/mol. The Hall–Kier alpha value is -3.03. The summed E-state index contributed by atoms with van der Waals surface area (Å²) < 4.78 is 34.6. The normalized spacial score (nSPS) is 16.7.